The maximum atomic E-state index is 9.36. The van der Waals surface area contributed by atoms with Crippen molar-refractivity contribution >= 4 is 28.5 Å². The molecule has 2 N–H and O–H groups in total. The van der Waals surface area contributed by atoms with Crippen LogP contribution in [-0.2, 0) is 6.61 Å². The van der Waals surface area contributed by atoms with Crippen LogP contribution in [0.1, 0.15) is 5.56 Å². The van der Waals surface area contributed by atoms with Gasteiger partial charge in [-0.15, -0.1) is 0 Å². The zero-order valence-corrected chi connectivity index (χ0v) is 16.9. The number of aliphatic hydroxyl groups excluding tert-OH is 1. The molecule has 0 radical (unpaired) electrons. The predicted molar refractivity (Wildman–Crippen MR) is 117 cm³/mol. The topological polar surface area (TPSA) is 67.3 Å². The number of methoxy groups -OCH3 is 1. The van der Waals surface area contributed by atoms with Gasteiger partial charge < -0.3 is 15.2 Å². The van der Waals surface area contributed by atoms with Crippen LogP contribution in [0.4, 0.5) is 5.95 Å². The Bertz CT molecular complexity index is 1180. The van der Waals surface area contributed by atoms with Crippen LogP contribution in [0.3, 0.4) is 0 Å². The number of anilines is 1. The van der Waals surface area contributed by atoms with Crippen molar-refractivity contribution < 1.29 is 9.84 Å². The highest BCUT2D eigenvalue weighted by Crippen LogP contribution is 2.42. The Hall–Kier alpha value is -3.15. The molecule has 3 aromatic carbocycles. The summed E-state index contributed by atoms with van der Waals surface area (Å²) in [6.45, 7) is 0.00164. The number of halogens is 1. The number of rotatable bonds is 5. The second kappa shape index (κ2) is 8.07. The molecule has 146 valence electrons. The summed E-state index contributed by atoms with van der Waals surface area (Å²) < 4.78 is 5.79. The van der Waals surface area contributed by atoms with E-state index >= 15 is 0 Å². The molecule has 0 saturated carbocycles. The monoisotopic (exact) mass is 405 g/mol. The normalized spacial score (nSPS) is 10.9. The number of ether oxygens (including phenoxy) is 1. The van der Waals surface area contributed by atoms with Gasteiger partial charge in [0.15, 0.2) is 5.75 Å². The molecule has 0 aliphatic rings. The molecule has 5 nitrogen and oxygen atoms in total. The number of hydrogen-bond donors (Lipinski definition) is 2. The molecule has 1 heterocycles. The van der Waals surface area contributed by atoms with Gasteiger partial charge in [-0.2, -0.15) is 0 Å². The zero-order valence-electron chi connectivity index (χ0n) is 16.1. The van der Waals surface area contributed by atoms with E-state index in [4.69, 9.17) is 16.3 Å². The number of fused-ring (bicyclic) bond motifs is 1. The van der Waals surface area contributed by atoms with Gasteiger partial charge in [-0.05, 0) is 40.5 Å². The standard InChI is InChI=1S/C23H20ClN3O2/c1-25-23-26-12-20-18(16-4-3-5-17(24)10-16)11-19(22(29-2)21(20)27-23)15-8-6-14(13-28)7-9-15/h3-12,28H,13H2,1-2H3,(H,25,26,27). The van der Waals surface area contributed by atoms with Crippen molar-refractivity contribution in [3.05, 3.63) is 71.4 Å². The number of hydrogen-bond acceptors (Lipinski definition) is 5. The van der Waals surface area contributed by atoms with E-state index in [1.807, 2.05) is 48.5 Å². The van der Waals surface area contributed by atoms with Gasteiger partial charge in [0, 0.05) is 29.2 Å². The Kier molecular flexibility index (Phi) is 5.34. The zero-order chi connectivity index (χ0) is 20.4. The molecule has 0 bridgehead atoms. The van der Waals surface area contributed by atoms with E-state index in [9.17, 15) is 5.11 Å². The molecule has 1 aromatic heterocycles. The fraction of sp³-hybridized carbons (Fsp3) is 0.130. The van der Waals surface area contributed by atoms with Gasteiger partial charge in [-0.1, -0.05) is 48.0 Å². The summed E-state index contributed by atoms with van der Waals surface area (Å²) >= 11 is 6.25. The smallest absolute Gasteiger partial charge is 0.223 e. The molecule has 29 heavy (non-hydrogen) atoms. The first-order valence-corrected chi connectivity index (χ1v) is 9.54. The number of benzene rings is 3. The van der Waals surface area contributed by atoms with Crippen LogP contribution < -0.4 is 10.1 Å². The first kappa shape index (κ1) is 19.2. The Labute approximate surface area is 174 Å². The molecule has 0 amide bonds. The van der Waals surface area contributed by atoms with Gasteiger partial charge in [0.2, 0.25) is 5.95 Å². The highest BCUT2D eigenvalue weighted by atomic mass is 35.5. The molecule has 4 rings (SSSR count). The lowest BCUT2D eigenvalue weighted by molar-refractivity contribution is 0.282. The van der Waals surface area contributed by atoms with Crippen molar-refractivity contribution in [2.24, 2.45) is 0 Å². The summed E-state index contributed by atoms with van der Waals surface area (Å²) in [4.78, 5) is 9.07. The van der Waals surface area contributed by atoms with Crippen LogP contribution in [0.25, 0.3) is 33.2 Å². The van der Waals surface area contributed by atoms with Crippen LogP contribution >= 0.6 is 11.6 Å². The SMILES string of the molecule is CNc1ncc2c(-c3cccc(Cl)c3)cc(-c3ccc(CO)cc3)c(OC)c2n1. The summed E-state index contributed by atoms with van der Waals surface area (Å²) in [5.41, 5.74) is 5.37. The Balaban J connectivity index is 2.06. The molecule has 6 heteroatoms. The molecule has 0 aliphatic carbocycles. The molecule has 0 saturated heterocycles. The Morgan fingerprint density at radius 2 is 1.83 bits per heavy atom. The van der Waals surface area contributed by atoms with Crippen LogP contribution in [0.2, 0.25) is 5.02 Å². The lowest BCUT2D eigenvalue weighted by Gasteiger charge is -2.16. The summed E-state index contributed by atoms with van der Waals surface area (Å²) in [5.74, 6) is 1.18. The van der Waals surface area contributed by atoms with Crippen molar-refractivity contribution in [3.8, 4) is 28.0 Å². The maximum absolute atomic E-state index is 9.36. The summed E-state index contributed by atoms with van der Waals surface area (Å²) in [7, 11) is 3.42. The van der Waals surface area contributed by atoms with Crippen LogP contribution in [0, 0.1) is 0 Å². The van der Waals surface area contributed by atoms with Crippen LogP contribution in [0.15, 0.2) is 60.8 Å². The third kappa shape index (κ3) is 3.62. The van der Waals surface area contributed by atoms with Gasteiger partial charge in [0.25, 0.3) is 0 Å². The lowest BCUT2D eigenvalue weighted by Crippen LogP contribution is -2.00. The molecule has 0 unspecified atom stereocenters. The first-order valence-electron chi connectivity index (χ1n) is 9.16. The predicted octanol–water partition coefficient (Wildman–Crippen LogP) is 5.16. The van der Waals surface area contributed by atoms with Crippen LogP contribution in [-0.4, -0.2) is 29.2 Å². The molecule has 0 spiro atoms. The minimum absolute atomic E-state index is 0.00164. The highest BCUT2D eigenvalue weighted by Gasteiger charge is 2.18. The minimum atomic E-state index is 0.00164. The lowest BCUT2D eigenvalue weighted by atomic mass is 9.94. The van der Waals surface area contributed by atoms with Gasteiger partial charge >= 0.3 is 0 Å². The number of aromatic nitrogens is 2. The van der Waals surface area contributed by atoms with Crippen LogP contribution in [0.5, 0.6) is 5.75 Å². The number of aliphatic hydroxyl groups is 1. The average molecular weight is 406 g/mol. The van der Waals surface area contributed by atoms with E-state index in [0.29, 0.717) is 22.2 Å². The first-order chi connectivity index (χ1) is 14.1. The highest BCUT2D eigenvalue weighted by molar-refractivity contribution is 6.31. The number of nitrogens with zero attached hydrogens (tertiary/aromatic N) is 2. The molecule has 4 aromatic rings. The largest absolute Gasteiger partial charge is 0.494 e. The Morgan fingerprint density at radius 1 is 1.03 bits per heavy atom. The maximum Gasteiger partial charge on any atom is 0.223 e. The van der Waals surface area contributed by atoms with E-state index in [1.54, 1.807) is 20.4 Å². The summed E-state index contributed by atoms with van der Waals surface area (Å²) in [6, 6.07) is 17.5. The van der Waals surface area contributed by atoms with Crippen molar-refractivity contribution in [2.75, 3.05) is 19.5 Å². The summed E-state index contributed by atoms with van der Waals surface area (Å²) in [6.07, 6.45) is 1.80. The van der Waals surface area contributed by atoms with Crippen molar-refractivity contribution in [2.45, 2.75) is 6.61 Å². The van der Waals surface area contributed by atoms with Gasteiger partial charge in [0.1, 0.15) is 5.52 Å². The fourth-order valence-corrected chi connectivity index (χ4v) is 3.58. The van der Waals surface area contributed by atoms with E-state index in [-0.39, 0.29) is 6.61 Å². The third-order valence-electron chi connectivity index (χ3n) is 4.84. The quantitative estimate of drug-likeness (QED) is 0.480. The summed E-state index contributed by atoms with van der Waals surface area (Å²) in [5, 5.41) is 13.9. The van der Waals surface area contributed by atoms with Crippen molar-refractivity contribution in [3.63, 3.8) is 0 Å². The minimum Gasteiger partial charge on any atom is -0.494 e. The molecule has 0 aliphatic heterocycles. The van der Waals surface area contributed by atoms with E-state index < -0.39 is 0 Å². The average Bonchev–Trinajstić information content (AvgIpc) is 2.77. The van der Waals surface area contributed by atoms with E-state index in [1.165, 1.54) is 0 Å². The van der Waals surface area contributed by atoms with E-state index in [2.05, 4.69) is 21.4 Å². The fourth-order valence-electron chi connectivity index (χ4n) is 3.39. The van der Waals surface area contributed by atoms with Crippen molar-refractivity contribution in [1.29, 1.82) is 0 Å². The van der Waals surface area contributed by atoms with Gasteiger partial charge in [-0.25, -0.2) is 9.97 Å². The second-order valence-electron chi connectivity index (χ2n) is 6.58. The second-order valence-corrected chi connectivity index (χ2v) is 7.01. The Morgan fingerprint density at radius 3 is 2.48 bits per heavy atom. The third-order valence-corrected chi connectivity index (χ3v) is 5.07. The van der Waals surface area contributed by atoms with Gasteiger partial charge in [0.05, 0.1) is 13.7 Å². The number of nitrogens with one attached hydrogen (secondary N) is 1. The molecular weight excluding hydrogens is 386 g/mol. The molecule has 0 atom stereocenters. The van der Waals surface area contributed by atoms with Gasteiger partial charge in [-0.3, -0.25) is 0 Å². The molecular formula is C23H20ClN3O2. The van der Waals surface area contributed by atoms with E-state index in [0.717, 1.165) is 33.2 Å². The molecule has 0 fully saturated rings. The van der Waals surface area contributed by atoms with Crippen molar-refractivity contribution in [1.82, 2.24) is 9.97 Å².